The molecule has 0 aliphatic heterocycles. The lowest BCUT2D eigenvalue weighted by Crippen LogP contribution is -2.42. The number of ketones is 1. The molecule has 2 fully saturated rings. The van der Waals surface area contributed by atoms with Crippen LogP contribution in [0.1, 0.15) is 60.9 Å². The molecule has 0 bridgehead atoms. The number of carbonyl (C=O) groups excluding carboxylic acids is 1. The largest absolute Gasteiger partial charge is 0.497 e. The predicted octanol–water partition coefficient (Wildman–Crippen LogP) is 4.86. The number of nitrogens with zero attached hydrogens (tertiary/aromatic N) is 2. The van der Waals surface area contributed by atoms with Crippen molar-refractivity contribution in [3.63, 3.8) is 0 Å². The highest BCUT2D eigenvalue weighted by molar-refractivity contribution is 6.06. The van der Waals surface area contributed by atoms with Crippen molar-refractivity contribution in [1.82, 2.24) is 9.78 Å². The molecule has 4 atom stereocenters. The van der Waals surface area contributed by atoms with E-state index in [1.807, 2.05) is 17.9 Å². The van der Waals surface area contributed by atoms with Gasteiger partial charge in [0.2, 0.25) is 0 Å². The standard InChI is InChI=1S/C25H30N2O2/c1-15-18(14-26-27(15)3)11-17-13-23-22-7-5-16-12-19(29-4)6-8-20(16)21(22)9-10-25(23,2)24(17)28/h6,8,11-12,14,21-23H,5,7,9-10,13H2,1-4H3/b17-11+/t21-,22+,23-,25-/m0/s1. The minimum Gasteiger partial charge on any atom is -0.497 e. The first kappa shape index (κ1) is 18.7. The summed E-state index contributed by atoms with van der Waals surface area (Å²) >= 11 is 0. The van der Waals surface area contributed by atoms with Gasteiger partial charge in [-0.25, -0.2) is 0 Å². The van der Waals surface area contributed by atoms with Crippen LogP contribution in [-0.2, 0) is 18.3 Å². The molecule has 0 amide bonds. The smallest absolute Gasteiger partial charge is 0.165 e. The second-order valence-electron chi connectivity index (χ2n) is 9.45. The number of benzene rings is 1. The summed E-state index contributed by atoms with van der Waals surface area (Å²) in [6, 6.07) is 6.60. The zero-order valence-corrected chi connectivity index (χ0v) is 17.9. The summed E-state index contributed by atoms with van der Waals surface area (Å²) in [7, 11) is 3.69. The van der Waals surface area contributed by atoms with E-state index in [9.17, 15) is 4.79 Å². The third-order valence-corrected chi connectivity index (χ3v) is 8.18. The molecule has 0 radical (unpaired) electrons. The van der Waals surface area contributed by atoms with Crippen LogP contribution >= 0.6 is 0 Å². The Balaban J connectivity index is 1.48. The minimum atomic E-state index is -0.201. The van der Waals surface area contributed by atoms with Gasteiger partial charge in [0.15, 0.2) is 5.78 Å². The summed E-state index contributed by atoms with van der Waals surface area (Å²) in [5.74, 6) is 2.96. The molecule has 3 aliphatic carbocycles. The third kappa shape index (κ3) is 2.72. The summed E-state index contributed by atoms with van der Waals surface area (Å²) in [5.41, 5.74) is 5.94. The maximum Gasteiger partial charge on any atom is 0.165 e. The SMILES string of the molecule is COc1ccc2c(c1)CC[C@@H]1[C@H]2CC[C@]2(C)C(=O)/C(=C/c3cnn(C)c3C)C[C@@H]12. The summed E-state index contributed by atoms with van der Waals surface area (Å²) in [6.07, 6.45) is 9.29. The highest BCUT2D eigenvalue weighted by Crippen LogP contribution is 2.60. The summed E-state index contributed by atoms with van der Waals surface area (Å²) in [6.45, 7) is 4.30. The maximum atomic E-state index is 13.5. The molecule has 1 heterocycles. The number of hydrogen-bond acceptors (Lipinski definition) is 3. The number of ether oxygens (including phenoxy) is 1. The van der Waals surface area contributed by atoms with Gasteiger partial charge in [-0.05, 0) is 91.7 Å². The molecule has 0 unspecified atom stereocenters. The summed E-state index contributed by atoms with van der Waals surface area (Å²) in [5, 5.41) is 4.35. The normalized spacial score (nSPS) is 32.1. The molecular weight excluding hydrogens is 360 g/mol. The van der Waals surface area contributed by atoms with E-state index in [2.05, 4.69) is 43.2 Å². The predicted molar refractivity (Wildman–Crippen MR) is 114 cm³/mol. The van der Waals surface area contributed by atoms with E-state index >= 15 is 0 Å². The molecule has 0 saturated heterocycles. The van der Waals surface area contributed by atoms with Crippen LogP contribution < -0.4 is 4.74 Å². The number of rotatable bonds is 2. The molecule has 4 nitrogen and oxygen atoms in total. The fourth-order valence-electron chi connectivity index (χ4n) is 6.33. The fraction of sp³-hybridized carbons (Fsp3) is 0.520. The van der Waals surface area contributed by atoms with Crippen molar-refractivity contribution in [2.75, 3.05) is 7.11 Å². The molecule has 1 aromatic heterocycles. The number of Topliss-reactive ketones (excluding diaryl/α,β-unsaturated/α-hetero) is 1. The van der Waals surface area contributed by atoms with Crippen LogP contribution in [0.2, 0.25) is 0 Å². The van der Waals surface area contributed by atoms with Gasteiger partial charge >= 0.3 is 0 Å². The zero-order chi connectivity index (χ0) is 20.3. The fourth-order valence-corrected chi connectivity index (χ4v) is 6.33. The summed E-state index contributed by atoms with van der Waals surface area (Å²) in [4.78, 5) is 13.5. The molecule has 0 N–H and O–H groups in total. The number of carbonyl (C=O) groups is 1. The Morgan fingerprint density at radius 1 is 1.31 bits per heavy atom. The molecule has 1 aromatic carbocycles. The van der Waals surface area contributed by atoms with Crippen LogP contribution in [0.3, 0.4) is 0 Å². The number of fused-ring (bicyclic) bond motifs is 5. The highest BCUT2D eigenvalue weighted by atomic mass is 16.5. The third-order valence-electron chi connectivity index (χ3n) is 8.18. The number of hydrogen-bond donors (Lipinski definition) is 0. The monoisotopic (exact) mass is 390 g/mol. The molecule has 2 saturated carbocycles. The van der Waals surface area contributed by atoms with E-state index in [1.165, 1.54) is 17.5 Å². The molecule has 152 valence electrons. The van der Waals surface area contributed by atoms with Gasteiger partial charge in [0, 0.05) is 23.7 Å². The van der Waals surface area contributed by atoms with E-state index in [1.54, 1.807) is 7.11 Å². The Labute approximate surface area is 173 Å². The minimum absolute atomic E-state index is 0.201. The molecular formula is C25H30N2O2. The Morgan fingerprint density at radius 2 is 2.14 bits per heavy atom. The number of aryl methyl sites for hydroxylation is 2. The molecule has 29 heavy (non-hydrogen) atoms. The second kappa shape index (κ2) is 6.58. The van der Waals surface area contributed by atoms with Crippen LogP contribution in [0.5, 0.6) is 5.75 Å². The van der Waals surface area contributed by atoms with Gasteiger partial charge in [-0.15, -0.1) is 0 Å². The van der Waals surface area contributed by atoms with Crippen molar-refractivity contribution in [2.45, 2.75) is 51.9 Å². The Kier molecular flexibility index (Phi) is 4.23. The topological polar surface area (TPSA) is 44.1 Å². The van der Waals surface area contributed by atoms with Crippen molar-refractivity contribution in [1.29, 1.82) is 0 Å². The Morgan fingerprint density at radius 3 is 2.86 bits per heavy atom. The van der Waals surface area contributed by atoms with Crippen LogP contribution in [0.25, 0.3) is 6.08 Å². The Hall–Kier alpha value is -2.36. The number of methoxy groups -OCH3 is 1. The highest BCUT2D eigenvalue weighted by Gasteiger charge is 2.56. The maximum absolute atomic E-state index is 13.5. The molecule has 2 aromatic rings. The van der Waals surface area contributed by atoms with E-state index in [4.69, 9.17) is 4.74 Å². The molecule has 0 spiro atoms. The van der Waals surface area contributed by atoms with Gasteiger partial charge in [-0.3, -0.25) is 9.48 Å². The molecule has 3 aliphatic rings. The quantitative estimate of drug-likeness (QED) is 0.688. The van der Waals surface area contributed by atoms with Crippen molar-refractivity contribution < 1.29 is 9.53 Å². The van der Waals surface area contributed by atoms with Gasteiger partial charge in [-0.1, -0.05) is 13.0 Å². The lowest BCUT2D eigenvalue weighted by molar-refractivity contribution is -0.127. The van der Waals surface area contributed by atoms with Gasteiger partial charge in [0.05, 0.1) is 13.3 Å². The average Bonchev–Trinajstić information content (AvgIpc) is 3.18. The van der Waals surface area contributed by atoms with E-state index in [0.29, 0.717) is 23.5 Å². The van der Waals surface area contributed by atoms with E-state index in [0.717, 1.165) is 48.3 Å². The second-order valence-corrected chi connectivity index (χ2v) is 9.45. The lowest BCUT2D eigenvalue weighted by atomic mass is 9.55. The number of allylic oxidation sites excluding steroid dienone is 1. The van der Waals surface area contributed by atoms with Crippen molar-refractivity contribution in [2.24, 2.45) is 24.3 Å². The van der Waals surface area contributed by atoms with Crippen LogP contribution in [0.15, 0.2) is 30.0 Å². The van der Waals surface area contributed by atoms with Gasteiger partial charge < -0.3 is 4.74 Å². The number of aromatic nitrogens is 2. The average molecular weight is 391 g/mol. The lowest BCUT2D eigenvalue weighted by Gasteiger charge is -2.48. The summed E-state index contributed by atoms with van der Waals surface area (Å²) < 4.78 is 7.32. The zero-order valence-electron chi connectivity index (χ0n) is 17.9. The van der Waals surface area contributed by atoms with E-state index < -0.39 is 0 Å². The van der Waals surface area contributed by atoms with Crippen molar-refractivity contribution >= 4 is 11.9 Å². The van der Waals surface area contributed by atoms with Crippen LogP contribution in [0, 0.1) is 24.2 Å². The van der Waals surface area contributed by atoms with Gasteiger partial charge in [0.1, 0.15) is 5.75 Å². The van der Waals surface area contributed by atoms with Gasteiger partial charge in [0.25, 0.3) is 0 Å². The van der Waals surface area contributed by atoms with Crippen LogP contribution in [0.4, 0.5) is 0 Å². The first-order chi connectivity index (χ1) is 13.9. The Bertz CT molecular complexity index is 1020. The molecule has 4 heteroatoms. The first-order valence-corrected chi connectivity index (χ1v) is 10.8. The molecule has 5 rings (SSSR count). The first-order valence-electron chi connectivity index (χ1n) is 10.8. The van der Waals surface area contributed by atoms with Crippen molar-refractivity contribution in [3.05, 3.63) is 52.4 Å². The van der Waals surface area contributed by atoms with E-state index in [-0.39, 0.29) is 5.41 Å². The van der Waals surface area contributed by atoms with Crippen LogP contribution in [-0.4, -0.2) is 22.7 Å². The van der Waals surface area contributed by atoms with Crippen molar-refractivity contribution in [3.8, 4) is 5.75 Å². The van der Waals surface area contributed by atoms with Gasteiger partial charge in [-0.2, -0.15) is 5.10 Å².